The van der Waals surface area contributed by atoms with E-state index in [1.807, 2.05) is 19.2 Å². The van der Waals surface area contributed by atoms with Crippen molar-refractivity contribution in [3.63, 3.8) is 0 Å². The second-order valence-corrected chi connectivity index (χ2v) is 11.0. The van der Waals surface area contributed by atoms with Crippen molar-refractivity contribution < 1.29 is 5.11 Å². The predicted octanol–water partition coefficient (Wildman–Crippen LogP) is 5.05. The molecule has 7 nitrogen and oxygen atoms in total. The van der Waals surface area contributed by atoms with Gasteiger partial charge < -0.3 is 15.7 Å². The maximum atomic E-state index is 9.57. The molecule has 1 saturated carbocycles. The zero-order valence-electron chi connectivity index (χ0n) is 19.7. The largest absolute Gasteiger partial charge is 0.396 e. The lowest BCUT2D eigenvalue weighted by Crippen LogP contribution is -2.22. The fourth-order valence-electron chi connectivity index (χ4n) is 4.20. The molecule has 0 radical (unpaired) electrons. The summed E-state index contributed by atoms with van der Waals surface area (Å²) in [6.07, 6.45) is 5.73. The van der Waals surface area contributed by atoms with Crippen LogP contribution in [0.3, 0.4) is 0 Å². The zero-order chi connectivity index (χ0) is 22.9. The molecule has 0 amide bonds. The highest BCUT2D eigenvalue weighted by molar-refractivity contribution is 7.21. The van der Waals surface area contributed by atoms with E-state index >= 15 is 0 Å². The Bertz CT molecular complexity index is 1090. The second-order valence-electron chi connectivity index (χ2n) is 9.95. The van der Waals surface area contributed by atoms with Gasteiger partial charge in [0.1, 0.15) is 16.3 Å². The highest BCUT2D eigenvalue weighted by atomic mass is 32.1. The van der Waals surface area contributed by atoms with E-state index in [2.05, 4.69) is 43.3 Å². The molecule has 0 saturated heterocycles. The number of fused-ring (bicyclic) bond motifs is 1. The topological polar surface area (TPSA) is 95.9 Å². The molecule has 1 aliphatic rings. The fourth-order valence-corrected chi connectivity index (χ4v) is 5.28. The van der Waals surface area contributed by atoms with Gasteiger partial charge in [0.2, 0.25) is 5.95 Å². The predicted molar refractivity (Wildman–Crippen MR) is 132 cm³/mol. The van der Waals surface area contributed by atoms with Gasteiger partial charge in [-0.25, -0.2) is 9.97 Å². The summed E-state index contributed by atoms with van der Waals surface area (Å²) in [6, 6.07) is 2.32. The number of nitrogens with zero attached hydrogens (tertiary/aromatic N) is 4. The highest BCUT2D eigenvalue weighted by Crippen LogP contribution is 2.38. The minimum atomic E-state index is 0.125. The lowest BCUT2D eigenvalue weighted by atomic mass is 9.97. The zero-order valence-corrected chi connectivity index (χ0v) is 20.5. The molecule has 2 unspecified atom stereocenters. The molecule has 0 spiro atoms. The molecule has 0 aromatic carbocycles. The summed E-state index contributed by atoms with van der Waals surface area (Å²) < 4.78 is 1.13. The van der Waals surface area contributed by atoms with Crippen LogP contribution in [0.2, 0.25) is 0 Å². The summed E-state index contributed by atoms with van der Waals surface area (Å²) in [5, 5.41) is 17.6. The van der Waals surface area contributed by atoms with E-state index in [0.29, 0.717) is 11.9 Å². The number of hydrogen-bond acceptors (Lipinski definition) is 8. The number of aliphatic hydroxyl groups is 1. The summed E-state index contributed by atoms with van der Waals surface area (Å²) in [7, 11) is 0. The minimum Gasteiger partial charge on any atom is -0.396 e. The first-order chi connectivity index (χ1) is 15.3. The standard InChI is InChI=1S/C24H34N6OS/c1-6-17-20-18(9-10-25-17)32-22(29-20)19-14(2)27-23(26-13-24(3,4)5)30-21(19)28-16-8-7-15(11-16)12-31/h9-10,15-16,31H,6-8,11-13H2,1-5H3,(H2,26,27,28,30). The number of pyridine rings is 1. The van der Waals surface area contributed by atoms with E-state index in [9.17, 15) is 5.11 Å². The van der Waals surface area contributed by atoms with Crippen molar-refractivity contribution in [3.05, 3.63) is 23.7 Å². The van der Waals surface area contributed by atoms with Crippen molar-refractivity contribution >= 4 is 33.3 Å². The molecule has 32 heavy (non-hydrogen) atoms. The van der Waals surface area contributed by atoms with Crippen LogP contribution < -0.4 is 10.6 Å². The summed E-state index contributed by atoms with van der Waals surface area (Å²) in [5.41, 5.74) is 3.97. The second kappa shape index (κ2) is 9.27. The molecule has 3 aromatic heterocycles. The first-order valence-electron chi connectivity index (χ1n) is 11.5. The molecule has 8 heteroatoms. The van der Waals surface area contributed by atoms with Crippen LogP contribution >= 0.6 is 11.3 Å². The van der Waals surface area contributed by atoms with Crippen LogP contribution in [0.25, 0.3) is 20.8 Å². The van der Waals surface area contributed by atoms with Crippen molar-refractivity contribution in [1.29, 1.82) is 0 Å². The van der Waals surface area contributed by atoms with Crippen molar-refractivity contribution in [2.24, 2.45) is 11.3 Å². The number of hydrogen-bond donors (Lipinski definition) is 3. The highest BCUT2D eigenvalue weighted by Gasteiger charge is 2.27. The first-order valence-corrected chi connectivity index (χ1v) is 12.3. The Kier molecular flexibility index (Phi) is 6.62. The van der Waals surface area contributed by atoms with Gasteiger partial charge in [0.25, 0.3) is 0 Å². The van der Waals surface area contributed by atoms with E-state index < -0.39 is 0 Å². The van der Waals surface area contributed by atoms with Crippen LogP contribution in [0, 0.1) is 18.3 Å². The average Bonchev–Trinajstić information content (AvgIpc) is 3.37. The summed E-state index contributed by atoms with van der Waals surface area (Å²) in [5.74, 6) is 1.82. The summed E-state index contributed by atoms with van der Waals surface area (Å²) in [4.78, 5) is 19.2. The van der Waals surface area contributed by atoms with Crippen molar-refractivity contribution in [2.45, 2.75) is 66.3 Å². The van der Waals surface area contributed by atoms with Crippen LogP contribution in [-0.2, 0) is 6.42 Å². The Hall–Kier alpha value is -2.32. The summed E-state index contributed by atoms with van der Waals surface area (Å²) >= 11 is 1.66. The third-order valence-electron chi connectivity index (χ3n) is 5.94. The van der Waals surface area contributed by atoms with Crippen LogP contribution in [0.5, 0.6) is 0 Å². The minimum absolute atomic E-state index is 0.125. The number of anilines is 2. The number of aromatic nitrogens is 4. The van der Waals surface area contributed by atoms with E-state index in [-0.39, 0.29) is 18.1 Å². The molecular weight excluding hydrogens is 420 g/mol. The monoisotopic (exact) mass is 454 g/mol. The van der Waals surface area contributed by atoms with E-state index in [1.54, 1.807) is 11.3 Å². The number of aryl methyl sites for hydroxylation is 2. The Morgan fingerprint density at radius 2 is 2.00 bits per heavy atom. The SMILES string of the molecule is CCc1nccc2sc(-c3c(C)nc(NCC(C)(C)C)nc3NC3CCC(CO)C3)nc12. The number of nitrogens with one attached hydrogen (secondary N) is 2. The van der Waals surface area contributed by atoms with Crippen molar-refractivity contribution in [1.82, 2.24) is 19.9 Å². The van der Waals surface area contributed by atoms with Gasteiger partial charge in [0.05, 0.1) is 21.7 Å². The van der Waals surface area contributed by atoms with Gasteiger partial charge in [0, 0.05) is 25.4 Å². The molecule has 1 fully saturated rings. The van der Waals surface area contributed by atoms with Crippen LogP contribution in [0.15, 0.2) is 12.3 Å². The third-order valence-corrected chi connectivity index (χ3v) is 6.98. The molecular formula is C24H34N6OS. The molecule has 0 aliphatic heterocycles. The van der Waals surface area contributed by atoms with Gasteiger partial charge in [-0.3, -0.25) is 4.98 Å². The Morgan fingerprint density at radius 1 is 1.19 bits per heavy atom. The Balaban J connectivity index is 1.74. The number of aliphatic hydroxyl groups excluding tert-OH is 1. The van der Waals surface area contributed by atoms with Crippen molar-refractivity contribution in [3.8, 4) is 10.6 Å². The van der Waals surface area contributed by atoms with Gasteiger partial charge in [0.15, 0.2) is 0 Å². The van der Waals surface area contributed by atoms with Crippen molar-refractivity contribution in [2.75, 3.05) is 23.8 Å². The average molecular weight is 455 g/mol. The van der Waals surface area contributed by atoms with Crippen LogP contribution in [-0.4, -0.2) is 44.2 Å². The van der Waals surface area contributed by atoms with E-state index in [4.69, 9.17) is 15.0 Å². The maximum Gasteiger partial charge on any atom is 0.224 e. The van der Waals surface area contributed by atoms with Gasteiger partial charge in [-0.2, -0.15) is 4.98 Å². The van der Waals surface area contributed by atoms with E-state index in [0.717, 1.165) is 70.2 Å². The number of rotatable bonds is 7. The van der Waals surface area contributed by atoms with Crippen LogP contribution in [0.1, 0.15) is 58.3 Å². The quantitative estimate of drug-likeness (QED) is 0.460. The van der Waals surface area contributed by atoms with Crippen LogP contribution in [0.4, 0.5) is 11.8 Å². The molecule has 3 aromatic rings. The Morgan fingerprint density at radius 3 is 2.69 bits per heavy atom. The summed E-state index contributed by atoms with van der Waals surface area (Å²) in [6.45, 7) is 11.7. The third kappa shape index (κ3) is 5.02. The molecule has 4 rings (SSSR count). The molecule has 2 atom stereocenters. The maximum absolute atomic E-state index is 9.57. The molecule has 0 bridgehead atoms. The normalized spacial score (nSPS) is 18.9. The molecule has 3 heterocycles. The van der Waals surface area contributed by atoms with Gasteiger partial charge >= 0.3 is 0 Å². The van der Waals surface area contributed by atoms with Gasteiger partial charge in [-0.1, -0.05) is 27.7 Å². The van der Waals surface area contributed by atoms with Gasteiger partial charge in [-0.15, -0.1) is 11.3 Å². The molecule has 172 valence electrons. The van der Waals surface area contributed by atoms with E-state index in [1.165, 1.54) is 0 Å². The lowest BCUT2D eigenvalue weighted by molar-refractivity contribution is 0.229. The lowest BCUT2D eigenvalue weighted by Gasteiger charge is -2.21. The molecule has 1 aliphatic carbocycles. The molecule has 3 N–H and O–H groups in total. The Labute approximate surface area is 194 Å². The smallest absolute Gasteiger partial charge is 0.224 e. The van der Waals surface area contributed by atoms with Gasteiger partial charge in [-0.05, 0) is 50.0 Å². The number of thiazole rings is 1. The fraction of sp³-hybridized carbons (Fsp3) is 0.583. The first kappa shape index (κ1) is 22.9.